The Morgan fingerprint density at radius 2 is 1.75 bits per heavy atom. The summed E-state index contributed by atoms with van der Waals surface area (Å²) in [6.07, 6.45) is -0.262. The first-order valence-electron chi connectivity index (χ1n) is 8.40. The predicted molar refractivity (Wildman–Crippen MR) is 107 cm³/mol. The van der Waals surface area contributed by atoms with Crippen molar-refractivity contribution in [2.45, 2.75) is 20.0 Å². The number of hydrogen-bond donors (Lipinski definition) is 1. The van der Waals surface area contributed by atoms with Crippen LogP contribution in [0, 0.1) is 0 Å². The van der Waals surface area contributed by atoms with E-state index in [0.717, 1.165) is 4.90 Å². The number of nitrogens with zero attached hydrogens (tertiary/aromatic N) is 1. The smallest absolute Gasteiger partial charge is 0.338 e. The number of halogens is 2. The maximum Gasteiger partial charge on any atom is 0.338 e. The molecule has 8 heteroatoms. The number of esters is 1. The fourth-order valence-electron chi connectivity index (χ4n) is 2.61. The van der Waals surface area contributed by atoms with Crippen LogP contribution in [0.4, 0.5) is 11.4 Å². The normalized spacial score (nSPS) is 14.1. The molecular weight excluding hydrogens is 403 g/mol. The highest BCUT2D eigenvalue weighted by Gasteiger charge is 2.39. The number of amides is 2. The summed E-state index contributed by atoms with van der Waals surface area (Å²) < 4.78 is 5.16. The van der Waals surface area contributed by atoms with Gasteiger partial charge >= 0.3 is 5.97 Å². The fourth-order valence-corrected chi connectivity index (χ4v) is 3.01. The van der Waals surface area contributed by atoms with E-state index in [4.69, 9.17) is 27.9 Å². The number of anilines is 2. The van der Waals surface area contributed by atoms with Gasteiger partial charge in [0.1, 0.15) is 10.7 Å². The van der Waals surface area contributed by atoms with Gasteiger partial charge in [0.15, 0.2) is 0 Å². The quantitative estimate of drug-likeness (QED) is 0.577. The van der Waals surface area contributed by atoms with Crippen molar-refractivity contribution >= 4 is 52.4 Å². The minimum absolute atomic E-state index is 0.0824. The molecule has 0 saturated carbocycles. The molecule has 0 fully saturated rings. The maximum atomic E-state index is 12.8. The molecule has 1 N–H and O–H groups in total. The van der Waals surface area contributed by atoms with Gasteiger partial charge in [-0.15, -0.1) is 0 Å². The van der Waals surface area contributed by atoms with Crippen molar-refractivity contribution in [2.24, 2.45) is 0 Å². The van der Waals surface area contributed by atoms with Crippen molar-refractivity contribution in [3.8, 4) is 0 Å². The average Bonchev–Trinajstić information content (AvgIpc) is 2.85. The van der Waals surface area contributed by atoms with Crippen LogP contribution in [0.1, 0.15) is 24.2 Å². The zero-order valence-corrected chi connectivity index (χ0v) is 16.5. The number of benzene rings is 2. The van der Waals surface area contributed by atoms with Crippen molar-refractivity contribution in [3.63, 3.8) is 0 Å². The van der Waals surface area contributed by atoms with Crippen LogP contribution in [-0.2, 0) is 14.3 Å². The first-order valence-corrected chi connectivity index (χ1v) is 9.15. The molecule has 1 aliphatic rings. The third-order valence-corrected chi connectivity index (χ3v) is 4.39. The molecular formula is C20H16Cl2N2O4. The monoisotopic (exact) mass is 418 g/mol. The summed E-state index contributed by atoms with van der Waals surface area (Å²) in [5.41, 5.74) is 0.951. The summed E-state index contributed by atoms with van der Waals surface area (Å²) in [6, 6.07) is 12.7. The second-order valence-electron chi connectivity index (χ2n) is 6.27. The maximum absolute atomic E-state index is 12.8. The molecule has 3 rings (SSSR count). The van der Waals surface area contributed by atoms with Gasteiger partial charge in [-0.3, -0.25) is 9.59 Å². The Hall–Kier alpha value is -2.83. The van der Waals surface area contributed by atoms with E-state index in [-0.39, 0.29) is 16.8 Å². The van der Waals surface area contributed by atoms with Crippen LogP contribution in [0.25, 0.3) is 0 Å². The van der Waals surface area contributed by atoms with E-state index in [1.165, 1.54) is 12.1 Å². The van der Waals surface area contributed by atoms with Crippen LogP contribution in [0.2, 0.25) is 5.02 Å². The molecule has 6 nitrogen and oxygen atoms in total. The molecule has 0 aliphatic carbocycles. The molecule has 0 radical (unpaired) electrons. The van der Waals surface area contributed by atoms with Crippen molar-refractivity contribution in [2.75, 3.05) is 10.2 Å². The number of nitrogens with one attached hydrogen (secondary N) is 1. The number of rotatable bonds is 5. The highest BCUT2D eigenvalue weighted by molar-refractivity contribution is 6.53. The standard InChI is InChI=1S/C20H16Cl2N2O4/c1-11(2)28-20(27)12-5-3-7-14(9-12)23-17-16(22)18(25)24(19(17)26)15-8-4-6-13(21)10-15/h3-11,23H,1-2H3. The molecule has 0 bridgehead atoms. The van der Waals surface area contributed by atoms with Crippen LogP contribution < -0.4 is 10.2 Å². The Labute approximate surface area is 171 Å². The summed E-state index contributed by atoms with van der Waals surface area (Å²) in [4.78, 5) is 38.3. The number of hydrogen-bond acceptors (Lipinski definition) is 5. The summed E-state index contributed by atoms with van der Waals surface area (Å²) in [7, 11) is 0. The van der Waals surface area contributed by atoms with E-state index < -0.39 is 17.8 Å². The molecule has 144 valence electrons. The van der Waals surface area contributed by atoms with Crippen molar-refractivity contribution in [3.05, 3.63) is 69.8 Å². The topological polar surface area (TPSA) is 75.7 Å². The zero-order chi connectivity index (χ0) is 20.4. The third-order valence-electron chi connectivity index (χ3n) is 3.80. The average molecular weight is 419 g/mol. The third kappa shape index (κ3) is 4.03. The van der Waals surface area contributed by atoms with Crippen LogP contribution in [0.15, 0.2) is 59.3 Å². The Balaban J connectivity index is 1.86. The summed E-state index contributed by atoms with van der Waals surface area (Å²) >= 11 is 12.1. The number of ether oxygens (including phenoxy) is 1. The minimum atomic E-state index is -0.660. The van der Waals surface area contributed by atoms with E-state index >= 15 is 0 Å². The molecule has 0 spiro atoms. The molecule has 2 aromatic carbocycles. The van der Waals surface area contributed by atoms with Crippen molar-refractivity contribution in [1.29, 1.82) is 0 Å². The summed E-state index contributed by atoms with van der Waals surface area (Å²) in [5, 5.41) is 2.96. The molecule has 28 heavy (non-hydrogen) atoms. The largest absolute Gasteiger partial charge is 0.459 e. The fraction of sp³-hybridized carbons (Fsp3) is 0.150. The first kappa shape index (κ1) is 19.9. The minimum Gasteiger partial charge on any atom is -0.459 e. The molecule has 1 heterocycles. The van der Waals surface area contributed by atoms with Gasteiger partial charge in [0.05, 0.1) is 17.4 Å². The number of carbonyl (C=O) groups is 3. The van der Waals surface area contributed by atoms with Gasteiger partial charge in [0.2, 0.25) is 0 Å². The van der Waals surface area contributed by atoms with Gasteiger partial charge in [0, 0.05) is 10.7 Å². The van der Waals surface area contributed by atoms with Gasteiger partial charge in [-0.05, 0) is 50.2 Å². The molecule has 0 aromatic heterocycles. The van der Waals surface area contributed by atoms with Crippen molar-refractivity contribution < 1.29 is 19.1 Å². The van der Waals surface area contributed by atoms with Gasteiger partial charge in [-0.1, -0.05) is 35.3 Å². The second kappa shape index (κ2) is 8.04. The van der Waals surface area contributed by atoms with Crippen LogP contribution in [0.3, 0.4) is 0 Å². The molecule has 0 atom stereocenters. The van der Waals surface area contributed by atoms with Crippen LogP contribution in [-0.4, -0.2) is 23.9 Å². The molecule has 0 saturated heterocycles. The lowest BCUT2D eigenvalue weighted by atomic mass is 10.2. The lowest BCUT2D eigenvalue weighted by Crippen LogP contribution is -2.32. The Kier molecular flexibility index (Phi) is 5.72. The molecule has 2 aromatic rings. The second-order valence-corrected chi connectivity index (χ2v) is 7.09. The molecule has 1 aliphatic heterocycles. The van der Waals surface area contributed by atoms with Gasteiger partial charge in [-0.2, -0.15) is 0 Å². The molecule has 2 amide bonds. The van der Waals surface area contributed by atoms with E-state index in [1.807, 2.05) is 0 Å². The highest BCUT2D eigenvalue weighted by atomic mass is 35.5. The van der Waals surface area contributed by atoms with Gasteiger partial charge in [0.25, 0.3) is 11.8 Å². The van der Waals surface area contributed by atoms with E-state index in [9.17, 15) is 14.4 Å². The van der Waals surface area contributed by atoms with Crippen LogP contribution >= 0.6 is 23.2 Å². The first-order chi connectivity index (χ1) is 13.3. The van der Waals surface area contributed by atoms with Gasteiger partial charge < -0.3 is 10.1 Å². The number of imide groups is 1. The lowest BCUT2D eigenvalue weighted by Gasteiger charge is -2.15. The summed E-state index contributed by atoms with van der Waals surface area (Å²) in [5.74, 6) is -1.77. The highest BCUT2D eigenvalue weighted by Crippen LogP contribution is 2.31. The Bertz CT molecular complexity index is 1000. The van der Waals surface area contributed by atoms with Gasteiger partial charge in [-0.25, -0.2) is 9.69 Å². The Morgan fingerprint density at radius 1 is 1.04 bits per heavy atom. The Morgan fingerprint density at radius 3 is 2.43 bits per heavy atom. The SMILES string of the molecule is CC(C)OC(=O)c1cccc(NC2=C(Cl)C(=O)N(c3cccc(Cl)c3)C2=O)c1. The van der Waals surface area contributed by atoms with Crippen LogP contribution in [0.5, 0.6) is 0 Å². The van der Waals surface area contributed by atoms with Crippen molar-refractivity contribution in [1.82, 2.24) is 0 Å². The summed E-state index contributed by atoms with van der Waals surface area (Å²) in [6.45, 7) is 3.50. The van der Waals surface area contributed by atoms with E-state index in [0.29, 0.717) is 22.0 Å². The zero-order valence-electron chi connectivity index (χ0n) is 15.0. The number of carbonyl (C=O) groups excluding carboxylic acids is 3. The predicted octanol–water partition coefficient (Wildman–Crippen LogP) is 4.34. The lowest BCUT2D eigenvalue weighted by molar-refractivity contribution is -0.120. The van der Waals surface area contributed by atoms with E-state index in [2.05, 4.69) is 5.32 Å². The molecule has 0 unspecified atom stereocenters. The van der Waals surface area contributed by atoms with E-state index in [1.54, 1.807) is 50.2 Å².